The minimum atomic E-state index is 0.915. The number of nitrogens with one attached hydrogen (secondary N) is 1. The Kier molecular flexibility index (Phi) is 7.08. The van der Waals surface area contributed by atoms with Crippen molar-refractivity contribution in [2.45, 2.75) is 4.90 Å². The van der Waals surface area contributed by atoms with Crippen LogP contribution in [0.3, 0.4) is 0 Å². The van der Waals surface area contributed by atoms with Gasteiger partial charge in [0.1, 0.15) is 5.75 Å². The molecule has 0 saturated heterocycles. The third-order valence-corrected chi connectivity index (χ3v) is 3.36. The lowest BCUT2D eigenvalue weighted by molar-refractivity contribution is 0.403. The van der Waals surface area contributed by atoms with Gasteiger partial charge in [-0.3, -0.25) is 0 Å². The summed E-state index contributed by atoms with van der Waals surface area (Å²) >= 11 is 1.87. The first-order chi connectivity index (χ1) is 8.22. The van der Waals surface area contributed by atoms with Crippen LogP contribution in [0.4, 0.5) is 0 Å². The van der Waals surface area contributed by atoms with E-state index in [1.54, 1.807) is 7.11 Å². The summed E-state index contributed by atoms with van der Waals surface area (Å²) in [6.45, 7) is 3.19. The van der Waals surface area contributed by atoms with E-state index < -0.39 is 0 Å². The molecule has 0 radical (unpaired) electrons. The molecular formula is C13H22N2OS. The Balaban J connectivity index is 2.09. The number of ether oxygens (including phenoxy) is 1. The van der Waals surface area contributed by atoms with Crippen molar-refractivity contribution in [2.75, 3.05) is 46.6 Å². The number of rotatable bonds is 8. The molecule has 0 unspecified atom stereocenters. The molecule has 0 saturated carbocycles. The highest BCUT2D eigenvalue weighted by Gasteiger charge is 1.95. The van der Waals surface area contributed by atoms with Crippen LogP contribution in [0.15, 0.2) is 29.2 Å². The molecule has 0 aliphatic rings. The van der Waals surface area contributed by atoms with Crippen LogP contribution in [0, 0.1) is 0 Å². The van der Waals surface area contributed by atoms with Gasteiger partial charge in [0.05, 0.1) is 7.11 Å². The Bertz CT molecular complexity index is 301. The summed E-state index contributed by atoms with van der Waals surface area (Å²) in [7, 11) is 5.87. The van der Waals surface area contributed by atoms with Crippen LogP contribution in [-0.4, -0.2) is 51.5 Å². The number of hydrogen-bond donors (Lipinski definition) is 1. The molecule has 1 aromatic carbocycles. The van der Waals surface area contributed by atoms with Gasteiger partial charge in [0.25, 0.3) is 0 Å². The molecule has 1 rings (SSSR count). The van der Waals surface area contributed by atoms with Gasteiger partial charge in [0, 0.05) is 30.3 Å². The average Bonchev–Trinajstić information content (AvgIpc) is 2.34. The van der Waals surface area contributed by atoms with Gasteiger partial charge in [0.15, 0.2) is 0 Å². The maximum absolute atomic E-state index is 5.12. The van der Waals surface area contributed by atoms with Crippen molar-refractivity contribution in [1.29, 1.82) is 0 Å². The van der Waals surface area contributed by atoms with Crippen LogP contribution >= 0.6 is 11.8 Å². The maximum atomic E-state index is 5.12. The standard InChI is InChI=1S/C13H22N2OS/c1-15(2)10-8-14-9-11-17-13-6-4-12(16-3)5-7-13/h4-7,14H,8-11H2,1-3H3. The molecule has 17 heavy (non-hydrogen) atoms. The number of nitrogens with zero attached hydrogens (tertiary/aromatic N) is 1. The van der Waals surface area contributed by atoms with E-state index in [1.807, 2.05) is 23.9 Å². The van der Waals surface area contributed by atoms with Crippen molar-refractivity contribution < 1.29 is 4.74 Å². The average molecular weight is 254 g/mol. The van der Waals surface area contributed by atoms with E-state index in [0.29, 0.717) is 0 Å². The number of benzene rings is 1. The first kappa shape index (κ1) is 14.4. The van der Waals surface area contributed by atoms with Crippen molar-refractivity contribution in [2.24, 2.45) is 0 Å². The zero-order valence-corrected chi connectivity index (χ0v) is 11.7. The van der Waals surface area contributed by atoms with Crippen molar-refractivity contribution in [1.82, 2.24) is 10.2 Å². The third kappa shape index (κ3) is 6.56. The van der Waals surface area contributed by atoms with Crippen molar-refractivity contribution in [3.05, 3.63) is 24.3 Å². The van der Waals surface area contributed by atoms with Gasteiger partial charge < -0.3 is 15.0 Å². The van der Waals surface area contributed by atoms with Crippen molar-refractivity contribution >= 4 is 11.8 Å². The predicted octanol–water partition coefficient (Wildman–Crippen LogP) is 1.94. The molecule has 1 aromatic rings. The first-order valence-corrected chi connectivity index (χ1v) is 6.83. The van der Waals surface area contributed by atoms with Gasteiger partial charge in [-0.05, 0) is 38.4 Å². The van der Waals surface area contributed by atoms with Crippen LogP contribution in [0.2, 0.25) is 0 Å². The van der Waals surface area contributed by atoms with Crippen molar-refractivity contribution in [3.63, 3.8) is 0 Å². The largest absolute Gasteiger partial charge is 0.497 e. The van der Waals surface area contributed by atoms with Crippen molar-refractivity contribution in [3.8, 4) is 5.75 Å². The lowest BCUT2D eigenvalue weighted by Gasteiger charge is -2.10. The molecule has 3 nitrogen and oxygen atoms in total. The first-order valence-electron chi connectivity index (χ1n) is 5.84. The highest BCUT2D eigenvalue weighted by atomic mass is 32.2. The van der Waals surface area contributed by atoms with Crippen LogP contribution in [-0.2, 0) is 0 Å². The highest BCUT2D eigenvalue weighted by molar-refractivity contribution is 7.99. The smallest absolute Gasteiger partial charge is 0.118 e. The summed E-state index contributed by atoms with van der Waals surface area (Å²) in [5.41, 5.74) is 0. The zero-order valence-electron chi connectivity index (χ0n) is 10.9. The molecule has 0 heterocycles. The van der Waals surface area contributed by atoms with E-state index in [0.717, 1.165) is 31.1 Å². The van der Waals surface area contributed by atoms with Gasteiger partial charge in [-0.1, -0.05) is 0 Å². The third-order valence-electron chi connectivity index (χ3n) is 2.34. The number of methoxy groups -OCH3 is 1. The Morgan fingerprint density at radius 3 is 2.47 bits per heavy atom. The molecule has 0 fully saturated rings. The summed E-state index contributed by atoms with van der Waals surface area (Å²) in [6, 6.07) is 8.20. The van der Waals surface area contributed by atoms with E-state index in [1.165, 1.54) is 4.90 Å². The SMILES string of the molecule is COc1ccc(SCCNCCN(C)C)cc1. The van der Waals surface area contributed by atoms with Gasteiger partial charge in [-0.15, -0.1) is 11.8 Å². The molecule has 96 valence electrons. The van der Waals surface area contributed by atoms with Gasteiger partial charge >= 0.3 is 0 Å². The monoisotopic (exact) mass is 254 g/mol. The van der Waals surface area contributed by atoms with Crippen LogP contribution < -0.4 is 10.1 Å². The highest BCUT2D eigenvalue weighted by Crippen LogP contribution is 2.20. The van der Waals surface area contributed by atoms with E-state index in [2.05, 4.69) is 36.4 Å². The second-order valence-corrected chi connectivity index (χ2v) is 5.25. The fraction of sp³-hybridized carbons (Fsp3) is 0.538. The topological polar surface area (TPSA) is 24.5 Å². The second-order valence-electron chi connectivity index (χ2n) is 4.08. The Morgan fingerprint density at radius 1 is 1.18 bits per heavy atom. The molecular weight excluding hydrogens is 232 g/mol. The fourth-order valence-corrected chi connectivity index (χ4v) is 2.15. The van der Waals surface area contributed by atoms with E-state index in [4.69, 9.17) is 4.74 Å². The zero-order chi connectivity index (χ0) is 12.5. The van der Waals surface area contributed by atoms with Gasteiger partial charge in [0.2, 0.25) is 0 Å². The molecule has 0 aliphatic carbocycles. The van der Waals surface area contributed by atoms with Crippen LogP contribution in [0.5, 0.6) is 5.75 Å². The molecule has 0 bridgehead atoms. The molecule has 0 atom stereocenters. The number of hydrogen-bond acceptors (Lipinski definition) is 4. The molecule has 0 spiro atoms. The molecule has 4 heteroatoms. The summed E-state index contributed by atoms with van der Waals surface area (Å²) < 4.78 is 5.12. The Morgan fingerprint density at radius 2 is 1.88 bits per heavy atom. The Labute approximate surface area is 109 Å². The normalized spacial score (nSPS) is 10.8. The minimum absolute atomic E-state index is 0.915. The summed E-state index contributed by atoms with van der Waals surface area (Å²) in [5.74, 6) is 2.01. The molecule has 0 amide bonds. The second kappa shape index (κ2) is 8.39. The Hall–Kier alpha value is -0.710. The number of thioether (sulfide) groups is 1. The van der Waals surface area contributed by atoms with Crippen LogP contribution in [0.1, 0.15) is 0 Å². The quantitative estimate of drug-likeness (QED) is 0.566. The molecule has 0 aromatic heterocycles. The summed E-state index contributed by atoms with van der Waals surface area (Å²) in [6.07, 6.45) is 0. The predicted molar refractivity (Wildman–Crippen MR) is 75.1 cm³/mol. The minimum Gasteiger partial charge on any atom is -0.497 e. The van der Waals surface area contributed by atoms with Crippen LogP contribution in [0.25, 0.3) is 0 Å². The maximum Gasteiger partial charge on any atom is 0.118 e. The molecule has 1 N–H and O–H groups in total. The van der Waals surface area contributed by atoms with Gasteiger partial charge in [-0.25, -0.2) is 0 Å². The summed E-state index contributed by atoms with van der Waals surface area (Å²) in [4.78, 5) is 3.48. The van der Waals surface area contributed by atoms with E-state index in [9.17, 15) is 0 Å². The molecule has 0 aliphatic heterocycles. The number of likely N-dealkylation sites (N-methyl/N-ethyl adjacent to an activating group) is 1. The summed E-state index contributed by atoms with van der Waals surface area (Å²) in [5, 5.41) is 3.42. The lowest BCUT2D eigenvalue weighted by Crippen LogP contribution is -2.27. The fourth-order valence-electron chi connectivity index (χ4n) is 1.34. The van der Waals surface area contributed by atoms with Gasteiger partial charge in [-0.2, -0.15) is 0 Å². The lowest BCUT2D eigenvalue weighted by atomic mass is 10.3. The van der Waals surface area contributed by atoms with E-state index >= 15 is 0 Å². The van der Waals surface area contributed by atoms with E-state index in [-0.39, 0.29) is 0 Å².